The summed E-state index contributed by atoms with van der Waals surface area (Å²) in [5, 5.41) is 3.40. The Balaban J connectivity index is 1.99. The van der Waals surface area contributed by atoms with Gasteiger partial charge in [-0.15, -0.1) is 0 Å². The van der Waals surface area contributed by atoms with Crippen molar-refractivity contribution in [3.8, 4) is 0 Å². The Morgan fingerprint density at radius 2 is 1.95 bits per heavy atom. The largest absolute Gasteiger partial charge is 0.324 e. The summed E-state index contributed by atoms with van der Waals surface area (Å²) in [5.41, 5.74) is 10.3. The van der Waals surface area contributed by atoms with Crippen molar-refractivity contribution >= 4 is 0 Å². The molecule has 3 nitrogen and oxygen atoms in total. The molecule has 0 aromatic heterocycles. The van der Waals surface area contributed by atoms with Crippen LogP contribution in [0.15, 0.2) is 18.2 Å². The van der Waals surface area contributed by atoms with E-state index in [0.717, 1.165) is 32.6 Å². The lowest BCUT2D eigenvalue weighted by molar-refractivity contribution is 0.170. The molecule has 0 aliphatic carbocycles. The van der Waals surface area contributed by atoms with Gasteiger partial charge in [-0.05, 0) is 38.3 Å². The van der Waals surface area contributed by atoms with Gasteiger partial charge in [-0.2, -0.15) is 0 Å². The number of hydrogen-bond acceptors (Lipinski definition) is 3. The van der Waals surface area contributed by atoms with Crippen molar-refractivity contribution in [3.05, 3.63) is 34.9 Å². The summed E-state index contributed by atoms with van der Waals surface area (Å²) in [5.74, 6) is 0. The summed E-state index contributed by atoms with van der Waals surface area (Å²) in [6, 6.07) is 7.28. The summed E-state index contributed by atoms with van der Waals surface area (Å²) in [6.07, 6.45) is 1.03. The van der Waals surface area contributed by atoms with Gasteiger partial charge in [0.25, 0.3) is 0 Å². The normalized spacial score (nSPS) is 20.2. The third-order valence-electron chi connectivity index (χ3n) is 4.20. The molecule has 2 unspecified atom stereocenters. The number of rotatable bonds is 4. The standard InChI is InChI=1S/C16H27N3/c1-12-4-5-13(2)15(10-12)16(17)11-14(3)19-8-6-18-7-9-19/h4-5,10,14,16,18H,6-9,11,17H2,1-3H3. The Bertz CT molecular complexity index is 410. The van der Waals surface area contributed by atoms with E-state index in [4.69, 9.17) is 5.73 Å². The highest BCUT2D eigenvalue weighted by atomic mass is 15.2. The first-order chi connectivity index (χ1) is 9.08. The molecule has 1 aromatic carbocycles. The summed E-state index contributed by atoms with van der Waals surface area (Å²) >= 11 is 0. The molecule has 0 spiro atoms. The van der Waals surface area contributed by atoms with Gasteiger partial charge in [-0.25, -0.2) is 0 Å². The molecule has 19 heavy (non-hydrogen) atoms. The zero-order chi connectivity index (χ0) is 13.8. The summed E-state index contributed by atoms with van der Waals surface area (Å²) < 4.78 is 0. The van der Waals surface area contributed by atoms with Crippen LogP contribution in [0.5, 0.6) is 0 Å². The fourth-order valence-corrected chi connectivity index (χ4v) is 2.93. The highest BCUT2D eigenvalue weighted by Gasteiger charge is 2.20. The molecule has 1 aliphatic rings. The Labute approximate surface area is 117 Å². The molecule has 3 N–H and O–H groups in total. The van der Waals surface area contributed by atoms with Crippen molar-refractivity contribution in [2.75, 3.05) is 26.2 Å². The van der Waals surface area contributed by atoms with E-state index in [9.17, 15) is 0 Å². The molecule has 2 rings (SSSR count). The van der Waals surface area contributed by atoms with Crippen LogP contribution >= 0.6 is 0 Å². The molecule has 1 heterocycles. The van der Waals surface area contributed by atoms with E-state index in [1.165, 1.54) is 16.7 Å². The summed E-state index contributed by atoms with van der Waals surface area (Å²) in [4.78, 5) is 2.54. The Hall–Kier alpha value is -0.900. The molecular weight excluding hydrogens is 234 g/mol. The minimum absolute atomic E-state index is 0.143. The molecule has 2 atom stereocenters. The van der Waals surface area contributed by atoms with Crippen LogP contribution in [0.2, 0.25) is 0 Å². The van der Waals surface area contributed by atoms with Gasteiger partial charge in [-0.3, -0.25) is 4.90 Å². The fourth-order valence-electron chi connectivity index (χ4n) is 2.93. The Morgan fingerprint density at radius 1 is 1.26 bits per heavy atom. The molecule has 1 saturated heterocycles. The fraction of sp³-hybridized carbons (Fsp3) is 0.625. The first kappa shape index (κ1) is 14.5. The number of nitrogens with zero attached hydrogens (tertiary/aromatic N) is 1. The van der Waals surface area contributed by atoms with Crippen LogP contribution in [0.1, 0.15) is 36.1 Å². The number of nitrogens with two attached hydrogens (primary N) is 1. The maximum absolute atomic E-state index is 6.43. The summed E-state index contributed by atoms with van der Waals surface area (Å²) in [6.45, 7) is 11.1. The first-order valence-corrected chi connectivity index (χ1v) is 7.35. The van der Waals surface area contributed by atoms with Gasteiger partial charge in [0.05, 0.1) is 0 Å². The second-order valence-corrected chi connectivity index (χ2v) is 5.84. The third kappa shape index (κ3) is 3.78. The van der Waals surface area contributed by atoms with Crippen LogP contribution in [0, 0.1) is 13.8 Å². The zero-order valence-electron chi connectivity index (χ0n) is 12.4. The minimum atomic E-state index is 0.143. The molecular formula is C16H27N3. The molecule has 0 bridgehead atoms. The van der Waals surface area contributed by atoms with E-state index in [1.54, 1.807) is 0 Å². The molecule has 1 fully saturated rings. The minimum Gasteiger partial charge on any atom is -0.324 e. The molecule has 3 heteroatoms. The van der Waals surface area contributed by atoms with Gasteiger partial charge in [0.1, 0.15) is 0 Å². The molecule has 0 amide bonds. The monoisotopic (exact) mass is 261 g/mol. The van der Waals surface area contributed by atoms with E-state index < -0.39 is 0 Å². The Morgan fingerprint density at radius 3 is 2.63 bits per heavy atom. The van der Waals surface area contributed by atoms with Crippen molar-refractivity contribution in [2.45, 2.75) is 39.3 Å². The lowest BCUT2D eigenvalue weighted by Crippen LogP contribution is -2.48. The van der Waals surface area contributed by atoms with E-state index in [2.05, 4.69) is 49.2 Å². The number of aryl methyl sites for hydroxylation is 2. The molecule has 0 saturated carbocycles. The molecule has 1 aliphatic heterocycles. The lowest BCUT2D eigenvalue weighted by atomic mass is 9.94. The zero-order valence-corrected chi connectivity index (χ0v) is 12.4. The second kappa shape index (κ2) is 6.51. The smallest absolute Gasteiger partial charge is 0.0312 e. The predicted octanol–water partition coefficient (Wildman–Crippen LogP) is 1.99. The second-order valence-electron chi connectivity index (χ2n) is 5.84. The number of hydrogen-bond donors (Lipinski definition) is 2. The SMILES string of the molecule is Cc1ccc(C)c(C(N)CC(C)N2CCNCC2)c1. The Kier molecular flexibility index (Phi) is 4.97. The van der Waals surface area contributed by atoms with E-state index in [-0.39, 0.29) is 6.04 Å². The average Bonchev–Trinajstić information content (AvgIpc) is 2.42. The van der Waals surface area contributed by atoms with Crippen molar-refractivity contribution in [3.63, 3.8) is 0 Å². The van der Waals surface area contributed by atoms with E-state index in [0.29, 0.717) is 6.04 Å². The van der Waals surface area contributed by atoms with Crippen LogP contribution in [0.25, 0.3) is 0 Å². The highest BCUT2D eigenvalue weighted by Crippen LogP contribution is 2.23. The van der Waals surface area contributed by atoms with Gasteiger partial charge in [-0.1, -0.05) is 23.8 Å². The predicted molar refractivity (Wildman–Crippen MR) is 81.4 cm³/mol. The topological polar surface area (TPSA) is 41.3 Å². The van der Waals surface area contributed by atoms with Crippen LogP contribution in [0.3, 0.4) is 0 Å². The van der Waals surface area contributed by atoms with E-state index >= 15 is 0 Å². The number of benzene rings is 1. The van der Waals surface area contributed by atoms with Crippen LogP contribution < -0.4 is 11.1 Å². The van der Waals surface area contributed by atoms with Gasteiger partial charge >= 0.3 is 0 Å². The van der Waals surface area contributed by atoms with Gasteiger partial charge in [0, 0.05) is 38.3 Å². The van der Waals surface area contributed by atoms with Crippen molar-refractivity contribution in [1.82, 2.24) is 10.2 Å². The van der Waals surface area contributed by atoms with Crippen LogP contribution in [-0.2, 0) is 0 Å². The maximum atomic E-state index is 6.43. The van der Waals surface area contributed by atoms with Gasteiger partial charge in [0.2, 0.25) is 0 Å². The van der Waals surface area contributed by atoms with E-state index in [1.807, 2.05) is 0 Å². The highest BCUT2D eigenvalue weighted by molar-refractivity contribution is 5.32. The quantitative estimate of drug-likeness (QED) is 0.871. The maximum Gasteiger partial charge on any atom is 0.0312 e. The summed E-state index contributed by atoms with van der Waals surface area (Å²) in [7, 11) is 0. The van der Waals surface area contributed by atoms with Crippen LogP contribution in [-0.4, -0.2) is 37.1 Å². The lowest BCUT2D eigenvalue weighted by Gasteiger charge is -2.34. The first-order valence-electron chi connectivity index (χ1n) is 7.35. The van der Waals surface area contributed by atoms with Crippen molar-refractivity contribution in [1.29, 1.82) is 0 Å². The third-order valence-corrected chi connectivity index (χ3v) is 4.20. The van der Waals surface area contributed by atoms with Crippen molar-refractivity contribution < 1.29 is 0 Å². The average molecular weight is 261 g/mol. The molecule has 1 aromatic rings. The number of nitrogens with one attached hydrogen (secondary N) is 1. The number of piperazine rings is 1. The van der Waals surface area contributed by atoms with Gasteiger partial charge in [0.15, 0.2) is 0 Å². The molecule has 106 valence electrons. The van der Waals surface area contributed by atoms with Crippen molar-refractivity contribution in [2.24, 2.45) is 5.73 Å². The van der Waals surface area contributed by atoms with Gasteiger partial charge < -0.3 is 11.1 Å². The van der Waals surface area contributed by atoms with Crippen LogP contribution in [0.4, 0.5) is 0 Å². The molecule has 0 radical (unpaired) electrons.